The van der Waals surface area contributed by atoms with Gasteiger partial charge in [-0.1, -0.05) is 17.7 Å². The van der Waals surface area contributed by atoms with Crippen molar-refractivity contribution in [3.05, 3.63) is 51.6 Å². The Kier molecular flexibility index (Phi) is 5.19. The second-order valence-corrected chi connectivity index (χ2v) is 7.57. The maximum atomic E-state index is 13.3. The van der Waals surface area contributed by atoms with Gasteiger partial charge in [-0.3, -0.25) is 9.59 Å². The zero-order valence-electron chi connectivity index (χ0n) is 16.9. The van der Waals surface area contributed by atoms with E-state index in [9.17, 15) is 9.59 Å². The Labute approximate surface area is 168 Å². The van der Waals surface area contributed by atoms with Gasteiger partial charge in [0.25, 0.3) is 5.56 Å². The van der Waals surface area contributed by atoms with E-state index >= 15 is 0 Å². The molecule has 1 N–H and O–H groups in total. The first kappa shape index (κ1) is 19.3. The number of aryl methyl sites for hydroxylation is 2. The largest absolute Gasteiger partial charge is 0.383 e. The maximum absolute atomic E-state index is 13.3. The van der Waals surface area contributed by atoms with Crippen molar-refractivity contribution in [2.24, 2.45) is 0 Å². The molecule has 8 nitrogen and oxygen atoms in total. The highest BCUT2D eigenvalue weighted by molar-refractivity contribution is 5.83. The second kappa shape index (κ2) is 7.79. The Balaban J connectivity index is 1.80. The van der Waals surface area contributed by atoms with Crippen LogP contribution < -0.4 is 10.9 Å². The second-order valence-electron chi connectivity index (χ2n) is 7.57. The molecule has 4 rings (SSSR count). The van der Waals surface area contributed by atoms with Crippen LogP contribution in [0.1, 0.15) is 35.6 Å². The van der Waals surface area contributed by atoms with Gasteiger partial charge in [-0.25, -0.2) is 9.36 Å². The van der Waals surface area contributed by atoms with Gasteiger partial charge in [-0.05, 0) is 38.3 Å². The molecule has 1 aromatic carbocycles. The van der Waals surface area contributed by atoms with E-state index in [1.165, 1.54) is 4.68 Å². The number of rotatable bonds is 7. The lowest BCUT2D eigenvalue weighted by Crippen LogP contribution is -2.36. The monoisotopic (exact) mass is 395 g/mol. The molecular formula is C21H25N5O3. The summed E-state index contributed by atoms with van der Waals surface area (Å²) in [4.78, 5) is 25.5. The molecule has 1 aliphatic carbocycles. The summed E-state index contributed by atoms with van der Waals surface area (Å²) in [5, 5.41) is 12.6. The van der Waals surface area contributed by atoms with Crippen molar-refractivity contribution < 1.29 is 9.53 Å². The first-order valence-electron chi connectivity index (χ1n) is 9.81. The van der Waals surface area contributed by atoms with Gasteiger partial charge in [-0.2, -0.15) is 10.2 Å². The van der Waals surface area contributed by atoms with Gasteiger partial charge in [0, 0.05) is 25.0 Å². The molecule has 8 heteroatoms. The molecule has 0 spiro atoms. The molecule has 2 aromatic heterocycles. The van der Waals surface area contributed by atoms with E-state index in [1.54, 1.807) is 18.0 Å². The zero-order chi connectivity index (χ0) is 20.5. The van der Waals surface area contributed by atoms with Crippen LogP contribution in [-0.2, 0) is 16.1 Å². The standard InChI is InChI=1S/C21H25N5O3/c1-13-4-7-17(14(2)10-13)26-20-16(11-23-26)19(15-5-6-15)24-25(21(20)28)12-18(27)22-8-9-29-3/h4,7,10-11,15H,5-6,8-9,12H2,1-3H3,(H,22,27). The molecule has 2 heterocycles. The van der Waals surface area contributed by atoms with Crippen molar-refractivity contribution in [3.63, 3.8) is 0 Å². The van der Waals surface area contributed by atoms with Crippen molar-refractivity contribution in [1.82, 2.24) is 24.9 Å². The van der Waals surface area contributed by atoms with Crippen LogP contribution in [0.5, 0.6) is 0 Å². The Morgan fingerprint density at radius 1 is 1.31 bits per heavy atom. The van der Waals surface area contributed by atoms with E-state index in [0.29, 0.717) is 24.6 Å². The van der Waals surface area contributed by atoms with Gasteiger partial charge in [-0.15, -0.1) is 0 Å². The highest BCUT2D eigenvalue weighted by Gasteiger charge is 2.30. The smallest absolute Gasteiger partial charge is 0.293 e. The summed E-state index contributed by atoms with van der Waals surface area (Å²) in [5.74, 6) is 0.0491. The highest BCUT2D eigenvalue weighted by Crippen LogP contribution is 2.41. The van der Waals surface area contributed by atoms with Crippen molar-refractivity contribution in [1.29, 1.82) is 0 Å². The van der Waals surface area contributed by atoms with Crippen LogP contribution in [-0.4, -0.2) is 45.7 Å². The van der Waals surface area contributed by atoms with Crippen molar-refractivity contribution in [3.8, 4) is 5.69 Å². The summed E-state index contributed by atoms with van der Waals surface area (Å²) in [6.07, 6.45) is 3.80. The molecule has 1 aliphatic rings. The molecule has 152 valence electrons. The predicted molar refractivity (Wildman–Crippen MR) is 109 cm³/mol. The molecule has 0 saturated heterocycles. The van der Waals surface area contributed by atoms with Gasteiger partial charge in [0.1, 0.15) is 12.1 Å². The van der Waals surface area contributed by atoms with Crippen molar-refractivity contribution in [2.45, 2.75) is 39.2 Å². The normalized spacial score (nSPS) is 13.8. The molecule has 0 atom stereocenters. The molecule has 1 saturated carbocycles. The van der Waals surface area contributed by atoms with E-state index in [1.807, 2.05) is 26.0 Å². The lowest BCUT2D eigenvalue weighted by molar-refractivity contribution is -0.122. The first-order valence-corrected chi connectivity index (χ1v) is 9.81. The molecule has 0 aliphatic heterocycles. The summed E-state index contributed by atoms with van der Waals surface area (Å²) in [5.41, 5.74) is 4.03. The first-order chi connectivity index (χ1) is 14.0. The van der Waals surface area contributed by atoms with Crippen molar-refractivity contribution >= 4 is 16.8 Å². The number of carbonyl (C=O) groups excluding carboxylic acids is 1. The van der Waals surface area contributed by atoms with Crippen LogP contribution in [0.2, 0.25) is 0 Å². The van der Waals surface area contributed by atoms with Crippen LogP contribution in [0.15, 0.2) is 29.2 Å². The summed E-state index contributed by atoms with van der Waals surface area (Å²) in [6, 6.07) is 6.03. The lowest BCUT2D eigenvalue weighted by atomic mass is 10.1. The summed E-state index contributed by atoms with van der Waals surface area (Å²) < 4.78 is 7.89. The molecule has 3 aromatic rings. The summed E-state index contributed by atoms with van der Waals surface area (Å²) in [6.45, 7) is 4.71. The maximum Gasteiger partial charge on any atom is 0.293 e. The van der Waals surface area contributed by atoms with Crippen LogP contribution in [0.3, 0.4) is 0 Å². The van der Waals surface area contributed by atoms with Gasteiger partial charge in [0.05, 0.1) is 24.2 Å². The lowest BCUT2D eigenvalue weighted by Gasteiger charge is -2.11. The molecule has 1 amide bonds. The van der Waals surface area contributed by atoms with Crippen LogP contribution in [0.4, 0.5) is 0 Å². The third-order valence-corrected chi connectivity index (χ3v) is 5.18. The average Bonchev–Trinajstić information content (AvgIpc) is 3.43. The number of amides is 1. The fraction of sp³-hybridized carbons (Fsp3) is 0.429. The number of ether oxygens (including phenoxy) is 1. The number of benzene rings is 1. The van der Waals surface area contributed by atoms with Crippen LogP contribution in [0, 0.1) is 13.8 Å². The fourth-order valence-electron chi connectivity index (χ4n) is 3.57. The minimum Gasteiger partial charge on any atom is -0.383 e. The van der Waals surface area contributed by atoms with E-state index in [-0.39, 0.29) is 18.0 Å². The van der Waals surface area contributed by atoms with Gasteiger partial charge in [0.2, 0.25) is 5.91 Å². The van der Waals surface area contributed by atoms with Gasteiger partial charge in [0.15, 0.2) is 0 Å². The molecular weight excluding hydrogens is 370 g/mol. The van der Waals surface area contributed by atoms with Gasteiger partial charge >= 0.3 is 0 Å². The number of fused-ring (bicyclic) bond motifs is 1. The van der Waals surface area contributed by atoms with Crippen LogP contribution >= 0.6 is 0 Å². The minimum absolute atomic E-state index is 0.129. The third-order valence-electron chi connectivity index (χ3n) is 5.18. The topological polar surface area (TPSA) is 91.0 Å². The minimum atomic E-state index is -0.316. The fourth-order valence-corrected chi connectivity index (χ4v) is 3.57. The van der Waals surface area contributed by atoms with E-state index < -0.39 is 0 Å². The van der Waals surface area contributed by atoms with E-state index in [0.717, 1.165) is 40.7 Å². The molecule has 29 heavy (non-hydrogen) atoms. The SMILES string of the molecule is COCCNC(=O)Cn1nc(C2CC2)c2cnn(-c3ccc(C)cc3C)c2c1=O. The van der Waals surface area contributed by atoms with Gasteiger partial charge < -0.3 is 10.1 Å². The molecule has 1 fully saturated rings. The molecule has 0 unspecified atom stereocenters. The predicted octanol–water partition coefficient (Wildman–Crippen LogP) is 1.84. The van der Waals surface area contributed by atoms with E-state index in [2.05, 4.69) is 21.6 Å². The number of hydrogen-bond acceptors (Lipinski definition) is 5. The number of nitrogens with zero attached hydrogens (tertiary/aromatic N) is 4. The summed E-state index contributed by atoms with van der Waals surface area (Å²) in [7, 11) is 1.57. The number of nitrogens with one attached hydrogen (secondary N) is 1. The van der Waals surface area contributed by atoms with E-state index in [4.69, 9.17) is 4.74 Å². The van der Waals surface area contributed by atoms with Crippen molar-refractivity contribution in [2.75, 3.05) is 20.3 Å². The number of carbonyl (C=O) groups is 1. The number of aromatic nitrogens is 4. The number of methoxy groups -OCH3 is 1. The summed E-state index contributed by atoms with van der Waals surface area (Å²) >= 11 is 0. The van der Waals surface area contributed by atoms with Crippen LogP contribution in [0.25, 0.3) is 16.6 Å². The highest BCUT2D eigenvalue weighted by atomic mass is 16.5. The molecule has 0 bridgehead atoms. The quantitative estimate of drug-likeness (QED) is 0.617. The third kappa shape index (κ3) is 3.80. The Morgan fingerprint density at radius 2 is 2.10 bits per heavy atom. The Hall–Kier alpha value is -3.00. The molecule has 0 radical (unpaired) electrons. The Morgan fingerprint density at radius 3 is 2.79 bits per heavy atom. The Bertz CT molecular complexity index is 1130. The average molecular weight is 395 g/mol. The zero-order valence-corrected chi connectivity index (χ0v) is 16.9. The number of hydrogen-bond donors (Lipinski definition) is 1.